The highest BCUT2D eigenvalue weighted by Gasteiger charge is 2.23. The highest BCUT2D eigenvalue weighted by molar-refractivity contribution is 5.96. The highest BCUT2D eigenvalue weighted by Crippen LogP contribution is 2.40. The first-order valence-corrected chi connectivity index (χ1v) is 14.1. The van der Waals surface area contributed by atoms with E-state index in [4.69, 9.17) is 24.7 Å². The molecule has 11 heteroatoms. The number of rotatable bonds is 14. The number of para-hydroxylation sites is 2. The van der Waals surface area contributed by atoms with E-state index in [1.54, 1.807) is 42.5 Å². The third-order valence-corrected chi connectivity index (χ3v) is 6.97. The number of nitrogens with two attached hydrogens (primary N) is 1. The summed E-state index contributed by atoms with van der Waals surface area (Å²) in [5.74, 6) is -0.340. The number of ether oxygens (including phenoxy) is 4. The SMILES string of the molecule is COc1cc(CN(C(=O)CCC(=O)NCc2c(F)cccc2F)c2ccccc2Oc2cccc(CN)c2)cc(OC)c1OC. The van der Waals surface area contributed by atoms with Crippen molar-refractivity contribution in [2.24, 2.45) is 5.73 Å². The van der Waals surface area contributed by atoms with Crippen molar-refractivity contribution in [2.75, 3.05) is 26.2 Å². The molecule has 0 spiro atoms. The van der Waals surface area contributed by atoms with Crippen LogP contribution in [0.5, 0.6) is 28.7 Å². The number of hydrogen-bond donors (Lipinski definition) is 2. The summed E-state index contributed by atoms with van der Waals surface area (Å²) in [6.07, 6.45) is -0.421. The molecule has 4 rings (SSSR count). The Morgan fingerprint density at radius 1 is 0.778 bits per heavy atom. The van der Waals surface area contributed by atoms with Crippen LogP contribution in [0.1, 0.15) is 29.5 Å². The lowest BCUT2D eigenvalue weighted by Crippen LogP contribution is -2.32. The van der Waals surface area contributed by atoms with Gasteiger partial charge in [-0.15, -0.1) is 0 Å². The van der Waals surface area contributed by atoms with Crippen molar-refractivity contribution in [1.29, 1.82) is 0 Å². The maximum Gasteiger partial charge on any atom is 0.227 e. The number of nitrogens with one attached hydrogen (secondary N) is 1. The van der Waals surface area contributed by atoms with E-state index >= 15 is 0 Å². The second-order valence-electron chi connectivity index (χ2n) is 9.91. The zero-order valence-electron chi connectivity index (χ0n) is 25.3. The Labute approximate surface area is 260 Å². The number of nitrogens with zero attached hydrogens (tertiary/aromatic N) is 1. The number of carbonyl (C=O) groups excluding carboxylic acids is 2. The molecule has 0 bridgehead atoms. The maximum atomic E-state index is 14.0. The Hall–Kier alpha value is -5.16. The van der Waals surface area contributed by atoms with Crippen molar-refractivity contribution in [1.82, 2.24) is 5.32 Å². The van der Waals surface area contributed by atoms with Crippen LogP contribution in [-0.2, 0) is 29.2 Å². The first kappa shape index (κ1) is 32.7. The summed E-state index contributed by atoms with van der Waals surface area (Å²) in [6.45, 7) is 0.0379. The van der Waals surface area contributed by atoms with Gasteiger partial charge in [-0.05, 0) is 59.7 Å². The van der Waals surface area contributed by atoms with Crippen molar-refractivity contribution in [3.8, 4) is 28.7 Å². The molecule has 4 aromatic carbocycles. The topological polar surface area (TPSA) is 112 Å². The summed E-state index contributed by atoms with van der Waals surface area (Å²) in [5.41, 5.74) is 7.51. The largest absolute Gasteiger partial charge is 0.493 e. The summed E-state index contributed by atoms with van der Waals surface area (Å²) in [7, 11) is 4.48. The van der Waals surface area contributed by atoms with E-state index in [1.165, 1.54) is 32.3 Å². The van der Waals surface area contributed by atoms with Crippen LogP contribution in [0.25, 0.3) is 0 Å². The summed E-state index contributed by atoms with van der Waals surface area (Å²) in [5, 5.41) is 2.49. The molecule has 0 saturated heterocycles. The molecule has 9 nitrogen and oxygen atoms in total. The van der Waals surface area contributed by atoms with Crippen LogP contribution in [0.2, 0.25) is 0 Å². The van der Waals surface area contributed by atoms with Gasteiger partial charge in [0.1, 0.15) is 17.4 Å². The quantitative estimate of drug-likeness (QED) is 0.182. The Morgan fingerprint density at radius 3 is 2.09 bits per heavy atom. The predicted molar refractivity (Wildman–Crippen MR) is 166 cm³/mol. The Kier molecular flexibility index (Phi) is 11.3. The zero-order chi connectivity index (χ0) is 32.3. The Bertz CT molecular complexity index is 1600. The average molecular weight is 620 g/mol. The number of anilines is 1. The minimum absolute atomic E-state index is 0.0564. The second-order valence-corrected chi connectivity index (χ2v) is 9.91. The molecule has 0 aliphatic carbocycles. The summed E-state index contributed by atoms with van der Waals surface area (Å²) >= 11 is 0. The Balaban J connectivity index is 1.62. The fraction of sp³-hybridized carbons (Fsp3) is 0.235. The van der Waals surface area contributed by atoms with E-state index in [9.17, 15) is 18.4 Å². The van der Waals surface area contributed by atoms with Crippen molar-refractivity contribution in [3.63, 3.8) is 0 Å². The van der Waals surface area contributed by atoms with E-state index in [1.807, 2.05) is 18.2 Å². The van der Waals surface area contributed by atoms with Crippen molar-refractivity contribution >= 4 is 17.5 Å². The highest BCUT2D eigenvalue weighted by atomic mass is 19.1. The normalized spacial score (nSPS) is 10.6. The van der Waals surface area contributed by atoms with Crippen molar-refractivity contribution < 1.29 is 37.3 Å². The van der Waals surface area contributed by atoms with E-state index in [0.29, 0.717) is 46.5 Å². The lowest BCUT2D eigenvalue weighted by molar-refractivity contribution is -0.125. The molecule has 0 unspecified atom stereocenters. The third-order valence-electron chi connectivity index (χ3n) is 6.97. The average Bonchev–Trinajstić information content (AvgIpc) is 3.05. The number of halogens is 2. The number of hydrogen-bond acceptors (Lipinski definition) is 7. The Morgan fingerprint density at radius 2 is 1.44 bits per heavy atom. The molecule has 0 heterocycles. The fourth-order valence-electron chi connectivity index (χ4n) is 4.68. The predicted octanol–water partition coefficient (Wildman–Crippen LogP) is 5.87. The van der Waals surface area contributed by atoms with Crippen LogP contribution in [0.3, 0.4) is 0 Å². The van der Waals surface area contributed by atoms with Gasteiger partial charge in [0, 0.05) is 31.5 Å². The van der Waals surface area contributed by atoms with E-state index < -0.39 is 23.4 Å². The molecule has 45 heavy (non-hydrogen) atoms. The van der Waals surface area contributed by atoms with Crippen LogP contribution < -0.4 is 34.9 Å². The van der Waals surface area contributed by atoms with Gasteiger partial charge in [0.25, 0.3) is 0 Å². The van der Waals surface area contributed by atoms with E-state index in [0.717, 1.165) is 17.7 Å². The lowest BCUT2D eigenvalue weighted by atomic mass is 10.1. The molecule has 0 fully saturated rings. The summed E-state index contributed by atoms with van der Waals surface area (Å²) in [6, 6.07) is 21.2. The third kappa shape index (κ3) is 8.27. The van der Waals surface area contributed by atoms with Gasteiger partial charge in [0.05, 0.1) is 33.6 Å². The first-order valence-electron chi connectivity index (χ1n) is 14.1. The molecule has 2 amide bonds. The van der Waals surface area contributed by atoms with Gasteiger partial charge in [-0.2, -0.15) is 0 Å². The van der Waals surface area contributed by atoms with Crippen LogP contribution in [0.15, 0.2) is 78.9 Å². The summed E-state index contributed by atoms with van der Waals surface area (Å²) < 4.78 is 50.7. The van der Waals surface area contributed by atoms with Crippen molar-refractivity contribution in [2.45, 2.75) is 32.5 Å². The number of methoxy groups -OCH3 is 3. The molecule has 0 atom stereocenters. The van der Waals surface area contributed by atoms with E-state index in [-0.39, 0.29) is 31.5 Å². The lowest BCUT2D eigenvalue weighted by Gasteiger charge is -2.26. The van der Waals surface area contributed by atoms with Gasteiger partial charge in [-0.3, -0.25) is 9.59 Å². The van der Waals surface area contributed by atoms with Gasteiger partial charge < -0.3 is 34.9 Å². The molecule has 0 aromatic heterocycles. The standard InChI is InChI=1S/C34H35F2N3O6/c1-42-30-17-23(18-31(43-2)34(30)44-3)21-39(28-12-4-5-13-29(28)45-24-9-6-8-22(16-24)19-37)33(41)15-14-32(40)38-20-25-26(35)10-7-11-27(25)36/h4-13,16-18H,14-15,19-21,37H2,1-3H3,(H,38,40). The van der Waals surface area contributed by atoms with Crippen LogP contribution in [-0.4, -0.2) is 33.1 Å². The number of benzene rings is 4. The molecule has 0 aliphatic heterocycles. The van der Waals surface area contributed by atoms with E-state index in [2.05, 4.69) is 5.32 Å². The van der Waals surface area contributed by atoms with Gasteiger partial charge >= 0.3 is 0 Å². The van der Waals surface area contributed by atoms with Gasteiger partial charge in [0.2, 0.25) is 17.6 Å². The number of carbonyl (C=O) groups is 2. The molecule has 4 aromatic rings. The molecule has 236 valence electrons. The maximum absolute atomic E-state index is 14.0. The zero-order valence-corrected chi connectivity index (χ0v) is 25.3. The molecule has 0 saturated carbocycles. The first-order chi connectivity index (χ1) is 21.8. The van der Waals surface area contributed by atoms with Gasteiger partial charge in [-0.25, -0.2) is 8.78 Å². The van der Waals surface area contributed by atoms with Crippen LogP contribution in [0, 0.1) is 11.6 Å². The molecule has 0 aliphatic rings. The minimum Gasteiger partial charge on any atom is -0.493 e. The molecular formula is C34H35F2N3O6. The fourth-order valence-corrected chi connectivity index (χ4v) is 4.68. The minimum atomic E-state index is -0.767. The molecular weight excluding hydrogens is 584 g/mol. The van der Waals surface area contributed by atoms with Crippen LogP contribution >= 0.6 is 0 Å². The van der Waals surface area contributed by atoms with Gasteiger partial charge in [-0.1, -0.05) is 30.3 Å². The van der Waals surface area contributed by atoms with Crippen molar-refractivity contribution in [3.05, 3.63) is 107 Å². The second kappa shape index (κ2) is 15.5. The summed E-state index contributed by atoms with van der Waals surface area (Å²) in [4.78, 5) is 28.0. The monoisotopic (exact) mass is 619 g/mol. The number of amides is 2. The van der Waals surface area contributed by atoms with Gasteiger partial charge in [0.15, 0.2) is 17.2 Å². The smallest absolute Gasteiger partial charge is 0.227 e. The van der Waals surface area contributed by atoms with Crippen LogP contribution in [0.4, 0.5) is 14.5 Å². The molecule has 0 radical (unpaired) electrons. The molecule has 3 N–H and O–H groups in total.